The zero-order chi connectivity index (χ0) is 19.6. The molecule has 4 rings (SSSR count). The van der Waals surface area contributed by atoms with Gasteiger partial charge in [0.15, 0.2) is 0 Å². The van der Waals surface area contributed by atoms with Gasteiger partial charge < -0.3 is 15.5 Å². The van der Waals surface area contributed by atoms with E-state index in [1.54, 1.807) is 17.3 Å². The fourth-order valence-electron chi connectivity index (χ4n) is 3.34. The summed E-state index contributed by atoms with van der Waals surface area (Å²) in [6.45, 7) is 2.65. The first kappa shape index (κ1) is 18.4. The third kappa shape index (κ3) is 3.84. The van der Waals surface area contributed by atoms with E-state index in [0.29, 0.717) is 38.4 Å². The molecule has 3 heterocycles. The molecule has 0 atom stereocenters. The highest BCUT2D eigenvalue weighted by Gasteiger charge is 2.37. The smallest absolute Gasteiger partial charge is 0.378 e. The van der Waals surface area contributed by atoms with Gasteiger partial charge in [0, 0.05) is 51.3 Å². The zero-order valence-electron chi connectivity index (χ0n) is 15.0. The lowest BCUT2D eigenvalue weighted by molar-refractivity contribution is -0.137. The number of fused-ring (bicyclic) bond motifs is 1. The minimum absolute atomic E-state index is 0.157. The number of hydrogen-bond donors (Lipinski definition) is 2. The summed E-state index contributed by atoms with van der Waals surface area (Å²) in [6.07, 6.45) is 1.11. The predicted octanol–water partition coefficient (Wildman–Crippen LogP) is 3.07. The Bertz CT molecular complexity index is 969. The van der Waals surface area contributed by atoms with Crippen molar-refractivity contribution in [2.75, 3.05) is 36.4 Å². The molecule has 3 aromatic rings. The molecule has 1 aliphatic heterocycles. The Morgan fingerprint density at radius 3 is 2.54 bits per heavy atom. The number of anilines is 2. The number of benzene rings is 1. The molecule has 28 heavy (non-hydrogen) atoms. The third-order valence-corrected chi connectivity index (χ3v) is 4.67. The molecule has 2 aromatic heterocycles. The van der Waals surface area contributed by atoms with E-state index in [1.807, 2.05) is 18.2 Å². The number of hydrogen-bond acceptors (Lipinski definition) is 6. The molecule has 1 fully saturated rings. The number of nitrogens with one attached hydrogen (secondary N) is 2. The molecule has 0 amide bonds. The van der Waals surface area contributed by atoms with Gasteiger partial charge in [-0.3, -0.25) is 15.0 Å². The Hall–Kier alpha value is -2.94. The molecule has 2 N–H and O–H groups in total. The zero-order valence-corrected chi connectivity index (χ0v) is 15.0. The van der Waals surface area contributed by atoms with Crippen LogP contribution in [0.4, 0.5) is 24.5 Å². The number of alkyl halides is 3. The van der Waals surface area contributed by atoms with Crippen molar-refractivity contribution in [1.82, 2.24) is 20.3 Å². The summed E-state index contributed by atoms with van der Waals surface area (Å²) >= 11 is 0. The Morgan fingerprint density at radius 2 is 1.79 bits per heavy atom. The van der Waals surface area contributed by atoms with Gasteiger partial charge in [0.2, 0.25) is 0 Å². The molecule has 1 saturated heterocycles. The van der Waals surface area contributed by atoms with Gasteiger partial charge in [-0.05, 0) is 17.7 Å². The van der Waals surface area contributed by atoms with Crippen molar-refractivity contribution < 1.29 is 13.2 Å². The van der Waals surface area contributed by atoms with E-state index >= 15 is 0 Å². The summed E-state index contributed by atoms with van der Waals surface area (Å²) in [5.41, 5.74) is 2.22. The fraction of sp³-hybridized carbons (Fsp3) is 0.316. The molecule has 6 nitrogen and oxygen atoms in total. The van der Waals surface area contributed by atoms with Crippen molar-refractivity contribution in [2.24, 2.45) is 0 Å². The Labute approximate surface area is 159 Å². The monoisotopic (exact) mass is 388 g/mol. The van der Waals surface area contributed by atoms with Crippen LogP contribution in [-0.2, 0) is 12.7 Å². The summed E-state index contributed by atoms with van der Waals surface area (Å²) in [5.74, 6) is 0. The molecule has 0 bridgehead atoms. The van der Waals surface area contributed by atoms with Gasteiger partial charge in [-0.1, -0.05) is 6.07 Å². The number of halogens is 3. The SMILES string of the molecule is FC(F)(F)c1cncc(NCc2ccc3nccnc3c2)c1N1CCNCC1. The molecule has 9 heteroatoms. The van der Waals surface area contributed by atoms with Gasteiger partial charge >= 0.3 is 6.18 Å². The Balaban J connectivity index is 1.64. The lowest BCUT2D eigenvalue weighted by Crippen LogP contribution is -2.44. The minimum Gasteiger partial charge on any atom is -0.378 e. The molecule has 146 valence electrons. The third-order valence-electron chi connectivity index (χ3n) is 4.67. The molecule has 1 aromatic carbocycles. The van der Waals surface area contributed by atoms with Crippen LogP contribution in [0.25, 0.3) is 11.0 Å². The number of nitrogens with zero attached hydrogens (tertiary/aromatic N) is 4. The highest BCUT2D eigenvalue weighted by molar-refractivity contribution is 5.76. The summed E-state index contributed by atoms with van der Waals surface area (Å²) < 4.78 is 40.8. The number of piperazine rings is 1. The molecular weight excluding hydrogens is 369 g/mol. The minimum atomic E-state index is -4.47. The number of pyridine rings is 1. The van der Waals surface area contributed by atoms with Crippen molar-refractivity contribution in [2.45, 2.75) is 12.7 Å². The summed E-state index contributed by atoms with van der Waals surface area (Å²) in [7, 11) is 0. The maximum atomic E-state index is 13.6. The molecule has 0 unspecified atom stereocenters. The van der Waals surface area contributed by atoms with Crippen molar-refractivity contribution in [3.05, 3.63) is 54.1 Å². The summed E-state index contributed by atoms with van der Waals surface area (Å²) in [6, 6.07) is 5.61. The normalized spacial score (nSPS) is 15.0. The van der Waals surface area contributed by atoms with Crippen LogP contribution >= 0.6 is 0 Å². The van der Waals surface area contributed by atoms with Crippen LogP contribution in [0.1, 0.15) is 11.1 Å². The van der Waals surface area contributed by atoms with Crippen LogP contribution in [-0.4, -0.2) is 41.1 Å². The van der Waals surface area contributed by atoms with Gasteiger partial charge in [-0.25, -0.2) is 0 Å². The van der Waals surface area contributed by atoms with Crippen LogP contribution in [0.3, 0.4) is 0 Å². The van der Waals surface area contributed by atoms with E-state index in [9.17, 15) is 13.2 Å². The lowest BCUT2D eigenvalue weighted by atomic mass is 10.1. The lowest BCUT2D eigenvalue weighted by Gasteiger charge is -2.33. The standard InChI is InChI=1S/C19H19F3N6/c20-19(21,22)14-11-24-12-17(18(14)28-7-5-23-6-8-28)27-10-13-1-2-15-16(9-13)26-4-3-25-15/h1-4,9,11-12,23,27H,5-8,10H2. The second-order valence-electron chi connectivity index (χ2n) is 6.55. The summed E-state index contributed by atoms with van der Waals surface area (Å²) in [5, 5.41) is 6.30. The maximum absolute atomic E-state index is 13.6. The molecular formula is C19H19F3N6. The quantitative estimate of drug-likeness (QED) is 0.716. The molecule has 0 spiro atoms. The van der Waals surface area contributed by atoms with Crippen LogP contribution in [0.2, 0.25) is 0 Å². The van der Waals surface area contributed by atoms with Crippen molar-refractivity contribution in [3.63, 3.8) is 0 Å². The first-order valence-electron chi connectivity index (χ1n) is 8.97. The topological polar surface area (TPSA) is 66.0 Å². The Morgan fingerprint density at radius 1 is 1.04 bits per heavy atom. The molecule has 0 radical (unpaired) electrons. The molecule has 1 aliphatic rings. The van der Waals surface area contributed by atoms with E-state index < -0.39 is 11.7 Å². The summed E-state index contributed by atoms with van der Waals surface area (Å²) in [4.78, 5) is 14.1. The highest BCUT2D eigenvalue weighted by atomic mass is 19.4. The second-order valence-corrected chi connectivity index (χ2v) is 6.55. The van der Waals surface area contributed by atoms with Crippen LogP contribution in [0.15, 0.2) is 43.0 Å². The highest BCUT2D eigenvalue weighted by Crippen LogP contribution is 2.40. The van der Waals surface area contributed by atoms with Crippen molar-refractivity contribution in [3.8, 4) is 0 Å². The Kier molecular flexibility index (Phi) is 4.99. The first-order chi connectivity index (χ1) is 13.5. The number of aromatic nitrogens is 3. The van der Waals surface area contributed by atoms with Crippen molar-refractivity contribution in [1.29, 1.82) is 0 Å². The molecule has 0 saturated carbocycles. The van der Waals surface area contributed by atoms with Gasteiger partial charge in [-0.15, -0.1) is 0 Å². The van der Waals surface area contributed by atoms with Crippen LogP contribution in [0.5, 0.6) is 0 Å². The maximum Gasteiger partial charge on any atom is 0.419 e. The van der Waals surface area contributed by atoms with Crippen LogP contribution in [0, 0.1) is 0 Å². The van der Waals surface area contributed by atoms with Gasteiger partial charge in [0.05, 0.1) is 34.2 Å². The van der Waals surface area contributed by atoms with Crippen LogP contribution < -0.4 is 15.5 Å². The van der Waals surface area contributed by atoms with Gasteiger partial charge in [-0.2, -0.15) is 13.2 Å². The average Bonchev–Trinajstić information content (AvgIpc) is 2.72. The van der Waals surface area contributed by atoms with Gasteiger partial charge in [0.1, 0.15) is 0 Å². The average molecular weight is 388 g/mol. The molecule has 0 aliphatic carbocycles. The van der Waals surface area contributed by atoms with E-state index in [0.717, 1.165) is 22.8 Å². The first-order valence-corrected chi connectivity index (χ1v) is 8.97. The fourth-order valence-corrected chi connectivity index (χ4v) is 3.34. The van der Waals surface area contributed by atoms with E-state index in [2.05, 4.69) is 25.6 Å². The van der Waals surface area contributed by atoms with E-state index in [1.165, 1.54) is 6.20 Å². The van der Waals surface area contributed by atoms with Crippen molar-refractivity contribution >= 4 is 22.4 Å². The second kappa shape index (κ2) is 7.59. The predicted molar refractivity (Wildman–Crippen MR) is 101 cm³/mol. The van der Waals surface area contributed by atoms with E-state index in [-0.39, 0.29) is 5.69 Å². The number of rotatable bonds is 4. The van der Waals surface area contributed by atoms with Gasteiger partial charge in [0.25, 0.3) is 0 Å². The van der Waals surface area contributed by atoms with E-state index in [4.69, 9.17) is 0 Å². The largest absolute Gasteiger partial charge is 0.419 e.